The molecule has 1 aromatic rings. The van der Waals surface area contributed by atoms with Crippen LogP contribution in [0.4, 0.5) is 10.5 Å². The molecule has 1 aliphatic carbocycles. The molecule has 3 rings (SSSR count). The molecule has 124 valence electrons. The number of piperidine rings is 1. The van der Waals surface area contributed by atoms with Gasteiger partial charge in [0, 0.05) is 17.9 Å². The number of aromatic nitrogens is 1. The Morgan fingerprint density at radius 3 is 2.96 bits per heavy atom. The molecule has 0 spiro atoms. The van der Waals surface area contributed by atoms with Gasteiger partial charge in [-0.05, 0) is 52.7 Å². The average Bonchev–Trinajstić information content (AvgIpc) is 3.15. The lowest BCUT2D eigenvalue weighted by Crippen LogP contribution is -2.46. The van der Waals surface area contributed by atoms with Crippen molar-refractivity contribution in [2.24, 2.45) is 11.8 Å². The number of rotatable bonds is 4. The number of nitrogens with zero attached hydrogens (tertiary/aromatic N) is 2. The van der Waals surface area contributed by atoms with Crippen molar-refractivity contribution in [2.45, 2.75) is 38.8 Å². The van der Waals surface area contributed by atoms with Crippen molar-refractivity contribution in [3.63, 3.8) is 0 Å². The fourth-order valence-electron chi connectivity index (χ4n) is 2.97. The van der Waals surface area contributed by atoms with E-state index >= 15 is 0 Å². The van der Waals surface area contributed by atoms with Crippen molar-refractivity contribution in [2.75, 3.05) is 11.9 Å². The number of carbonyl (C=O) groups excluding carboxylic acids is 2. The summed E-state index contributed by atoms with van der Waals surface area (Å²) in [5, 5.41) is 2.86. The molecule has 1 aromatic heterocycles. The van der Waals surface area contributed by atoms with Crippen LogP contribution in [0.3, 0.4) is 0 Å². The second-order valence-corrected chi connectivity index (χ2v) is 7.36. The van der Waals surface area contributed by atoms with Crippen molar-refractivity contribution in [3.05, 3.63) is 22.9 Å². The number of fused-ring (bicyclic) bond motifs is 1. The molecule has 23 heavy (non-hydrogen) atoms. The molecule has 2 aliphatic rings. The highest BCUT2D eigenvalue weighted by atomic mass is 79.9. The fourth-order valence-corrected chi connectivity index (χ4v) is 3.34. The summed E-state index contributed by atoms with van der Waals surface area (Å²) in [7, 11) is 0. The van der Waals surface area contributed by atoms with Gasteiger partial charge in [-0.25, -0.2) is 9.78 Å². The Morgan fingerprint density at radius 1 is 1.48 bits per heavy atom. The third-order valence-corrected chi connectivity index (χ3v) is 4.59. The zero-order chi connectivity index (χ0) is 16.6. The van der Waals surface area contributed by atoms with Gasteiger partial charge in [-0.3, -0.25) is 9.69 Å². The van der Waals surface area contributed by atoms with E-state index < -0.39 is 6.04 Å². The summed E-state index contributed by atoms with van der Waals surface area (Å²) in [4.78, 5) is 30.5. The van der Waals surface area contributed by atoms with Crippen LogP contribution >= 0.6 is 15.9 Å². The Balaban J connectivity index is 1.66. The number of halogens is 1. The van der Waals surface area contributed by atoms with Gasteiger partial charge >= 0.3 is 6.09 Å². The zero-order valence-electron chi connectivity index (χ0n) is 13.2. The van der Waals surface area contributed by atoms with E-state index in [1.54, 1.807) is 23.2 Å². The number of likely N-dealkylation sites (tertiary alicyclic amines) is 1. The van der Waals surface area contributed by atoms with Crippen LogP contribution in [0.5, 0.6) is 0 Å². The van der Waals surface area contributed by atoms with Crippen LogP contribution in [0, 0.1) is 11.8 Å². The maximum Gasteiger partial charge on any atom is 0.410 e. The molecule has 3 unspecified atom stereocenters. The van der Waals surface area contributed by atoms with Gasteiger partial charge in [0.25, 0.3) is 0 Å². The van der Waals surface area contributed by atoms with Crippen molar-refractivity contribution < 1.29 is 14.3 Å². The van der Waals surface area contributed by atoms with Gasteiger partial charge in [0.15, 0.2) is 0 Å². The van der Waals surface area contributed by atoms with E-state index in [4.69, 9.17) is 4.74 Å². The van der Waals surface area contributed by atoms with Gasteiger partial charge in [0.2, 0.25) is 5.91 Å². The molecule has 6 nitrogen and oxygen atoms in total. The maximum atomic E-state index is 12.5. The first-order valence-electron chi connectivity index (χ1n) is 7.83. The SMILES string of the molecule is CC(C)COC(=O)N1C(C(=O)Nc2ccnc(Br)c2)CC2CC21. The summed E-state index contributed by atoms with van der Waals surface area (Å²) in [5.41, 5.74) is 0.660. The van der Waals surface area contributed by atoms with Crippen molar-refractivity contribution in [1.29, 1.82) is 0 Å². The highest BCUT2D eigenvalue weighted by Gasteiger charge is 2.56. The van der Waals surface area contributed by atoms with Crippen LogP contribution in [0.25, 0.3) is 0 Å². The van der Waals surface area contributed by atoms with Crippen LogP contribution in [0.15, 0.2) is 22.9 Å². The second-order valence-electron chi connectivity index (χ2n) is 6.55. The topological polar surface area (TPSA) is 71.5 Å². The molecule has 1 N–H and O–H groups in total. The van der Waals surface area contributed by atoms with Crippen molar-refractivity contribution in [1.82, 2.24) is 9.88 Å². The minimum Gasteiger partial charge on any atom is -0.449 e. The molecule has 2 amide bonds. The van der Waals surface area contributed by atoms with E-state index in [1.165, 1.54) is 0 Å². The van der Waals surface area contributed by atoms with E-state index in [1.807, 2.05) is 13.8 Å². The number of amides is 2. The molecular weight excluding hydrogens is 362 g/mol. The molecule has 1 saturated heterocycles. The number of carbonyl (C=O) groups is 2. The molecule has 0 aromatic carbocycles. The monoisotopic (exact) mass is 381 g/mol. The van der Waals surface area contributed by atoms with Gasteiger partial charge < -0.3 is 10.1 Å². The standard InChI is InChI=1S/C16H20BrN3O3/c1-9(2)8-23-16(22)20-12-5-10(12)6-13(20)15(21)19-11-3-4-18-14(17)7-11/h3-4,7,9-10,12-13H,5-6,8H2,1-2H3,(H,18,19,21). The number of hydrogen-bond donors (Lipinski definition) is 1. The summed E-state index contributed by atoms with van der Waals surface area (Å²) in [6, 6.07) is 3.16. The van der Waals surface area contributed by atoms with Gasteiger partial charge in [-0.2, -0.15) is 0 Å². The largest absolute Gasteiger partial charge is 0.449 e. The highest BCUT2D eigenvalue weighted by Crippen LogP contribution is 2.48. The molecule has 1 aliphatic heterocycles. The smallest absolute Gasteiger partial charge is 0.410 e. The number of pyridine rings is 1. The van der Waals surface area contributed by atoms with Crippen LogP contribution in [-0.2, 0) is 9.53 Å². The summed E-state index contributed by atoms with van der Waals surface area (Å²) >= 11 is 3.27. The Labute approximate surface area is 143 Å². The molecule has 1 saturated carbocycles. The van der Waals surface area contributed by atoms with Gasteiger partial charge in [0.05, 0.1) is 6.61 Å². The first kappa shape index (κ1) is 16.2. The van der Waals surface area contributed by atoms with E-state index in [0.717, 1.165) is 6.42 Å². The normalized spacial score (nSPS) is 25.2. The van der Waals surface area contributed by atoms with E-state index in [-0.39, 0.29) is 24.0 Å². The highest BCUT2D eigenvalue weighted by molar-refractivity contribution is 9.10. The summed E-state index contributed by atoms with van der Waals surface area (Å²) < 4.78 is 5.97. The summed E-state index contributed by atoms with van der Waals surface area (Å²) in [6.45, 7) is 4.35. The lowest BCUT2D eigenvalue weighted by molar-refractivity contribution is -0.120. The third-order valence-electron chi connectivity index (χ3n) is 4.15. The Kier molecular flexibility index (Phi) is 4.57. The average molecular weight is 382 g/mol. The first-order chi connectivity index (χ1) is 11.0. The number of hydrogen-bond acceptors (Lipinski definition) is 4. The third kappa shape index (κ3) is 3.65. The Morgan fingerprint density at radius 2 is 2.26 bits per heavy atom. The predicted molar refractivity (Wildman–Crippen MR) is 88.9 cm³/mol. The second kappa shape index (κ2) is 6.47. The number of anilines is 1. The lowest BCUT2D eigenvalue weighted by Gasteiger charge is -2.26. The first-order valence-corrected chi connectivity index (χ1v) is 8.62. The van der Waals surface area contributed by atoms with Crippen LogP contribution in [0.2, 0.25) is 0 Å². The molecule has 7 heteroatoms. The van der Waals surface area contributed by atoms with E-state index in [0.29, 0.717) is 29.2 Å². The van der Waals surface area contributed by atoms with Crippen LogP contribution < -0.4 is 5.32 Å². The molecule has 2 heterocycles. The van der Waals surface area contributed by atoms with Crippen LogP contribution in [0.1, 0.15) is 26.7 Å². The van der Waals surface area contributed by atoms with Gasteiger partial charge in [0.1, 0.15) is 10.6 Å². The minimum absolute atomic E-state index is 0.162. The molecule has 3 atom stereocenters. The molecule has 0 radical (unpaired) electrons. The van der Waals surface area contributed by atoms with E-state index in [9.17, 15) is 9.59 Å². The maximum absolute atomic E-state index is 12.5. The van der Waals surface area contributed by atoms with E-state index in [2.05, 4.69) is 26.2 Å². The lowest BCUT2D eigenvalue weighted by atomic mass is 10.1. The van der Waals surface area contributed by atoms with Crippen molar-refractivity contribution in [3.8, 4) is 0 Å². The number of nitrogens with one attached hydrogen (secondary N) is 1. The Hall–Kier alpha value is -1.63. The number of ether oxygens (including phenoxy) is 1. The Bertz CT molecular complexity index is 622. The quantitative estimate of drug-likeness (QED) is 0.813. The van der Waals surface area contributed by atoms with Gasteiger partial charge in [-0.15, -0.1) is 0 Å². The summed E-state index contributed by atoms with van der Waals surface area (Å²) in [5.74, 6) is 0.538. The minimum atomic E-state index is -0.453. The zero-order valence-corrected chi connectivity index (χ0v) is 14.7. The fraction of sp³-hybridized carbons (Fsp3) is 0.562. The molecule has 2 fully saturated rings. The van der Waals surface area contributed by atoms with Gasteiger partial charge in [-0.1, -0.05) is 13.8 Å². The predicted octanol–water partition coefficient (Wildman–Crippen LogP) is 3.04. The van der Waals surface area contributed by atoms with Crippen LogP contribution in [-0.4, -0.2) is 40.6 Å². The molecule has 0 bridgehead atoms. The van der Waals surface area contributed by atoms with Crippen molar-refractivity contribution >= 4 is 33.6 Å². The summed E-state index contributed by atoms with van der Waals surface area (Å²) in [6.07, 6.45) is 2.92. The molecular formula is C16H20BrN3O3.